The van der Waals surface area contributed by atoms with Gasteiger partial charge in [-0.3, -0.25) is 14.4 Å². The van der Waals surface area contributed by atoms with E-state index in [1.807, 2.05) is 6.07 Å². The van der Waals surface area contributed by atoms with Crippen molar-refractivity contribution in [2.45, 2.75) is 64.8 Å². The average Bonchev–Trinajstić information content (AvgIpc) is 2.58. The number of rotatable bonds is 8. The van der Waals surface area contributed by atoms with Gasteiger partial charge in [-0.15, -0.1) is 0 Å². The lowest BCUT2D eigenvalue weighted by atomic mass is 10.0. The van der Waals surface area contributed by atoms with Crippen molar-refractivity contribution in [1.82, 2.24) is 10.6 Å². The van der Waals surface area contributed by atoms with Crippen LogP contribution < -0.4 is 16.4 Å². The Balaban J connectivity index is 2.82. The summed E-state index contributed by atoms with van der Waals surface area (Å²) in [5, 5.41) is 4.75. The smallest absolute Gasteiger partial charge is 0.408 e. The molecule has 3 amide bonds. The molecule has 0 radical (unpaired) electrons. The summed E-state index contributed by atoms with van der Waals surface area (Å²) >= 11 is 0. The minimum absolute atomic E-state index is 0.0211. The van der Waals surface area contributed by atoms with Crippen LogP contribution in [0.5, 0.6) is 0 Å². The Morgan fingerprint density at radius 2 is 1.62 bits per heavy atom. The Kier molecular flexibility index (Phi) is 8.17. The number of carbonyl (C=O) groups excluding carboxylic acids is 4. The van der Waals surface area contributed by atoms with Crippen LogP contribution in [-0.2, 0) is 30.5 Å². The molecule has 4 N–H and O–H groups in total. The number of hydrogen-bond donors (Lipinski definition) is 3. The highest BCUT2D eigenvalue weighted by molar-refractivity contribution is 5.94. The molecule has 1 aromatic rings. The maximum Gasteiger partial charge on any atom is 0.408 e. The molecular formula is C20H29N3O6. The molecule has 0 aliphatic rings. The van der Waals surface area contributed by atoms with Crippen LogP contribution in [0.1, 0.15) is 46.6 Å². The third-order valence-electron chi connectivity index (χ3n) is 3.67. The number of amides is 3. The molecule has 0 aliphatic carbocycles. The minimum atomic E-state index is -1.38. The lowest BCUT2D eigenvalue weighted by Gasteiger charge is -2.27. The van der Waals surface area contributed by atoms with E-state index in [2.05, 4.69) is 10.6 Å². The Bertz CT molecular complexity index is 740. The monoisotopic (exact) mass is 407 g/mol. The van der Waals surface area contributed by atoms with Crippen molar-refractivity contribution in [3.8, 4) is 0 Å². The summed E-state index contributed by atoms with van der Waals surface area (Å²) in [6, 6.07) is 7.69. The van der Waals surface area contributed by atoms with Gasteiger partial charge in [0.05, 0.1) is 6.42 Å². The molecule has 0 saturated carbocycles. The number of carbonyl (C=O) groups is 4. The zero-order chi connectivity index (χ0) is 22.2. The third-order valence-corrected chi connectivity index (χ3v) is 3.67. The number of alkyl carbamates (subject to hydrolysis) is 1. The summed E-state index contributed by atoms with van der Waals surface area (Å²) in [7, 11) is 0. The van der Waals surface area contributed by atoms with E-state index in [9.17, 15) is 19.2 Å². The highest BCUT2D eigenvalue weighted by Crippen LogP contribution is 2.09. The number of nitrogens with one attached hydrogen (secondary N) is 2. The van der Waals surface area contributed by atoms with Crippen LogP contribution in [0, 0.1) is 0 Å². The molecule has 0 aromatic heterocycles. The van der Waals surface area contributed by atoms with Gasteiger partial charge in [0.15, 0.2) is 0 Å². The first-order chi connectivity index (χ1) is 13.3. The third kappa shape index (κ3) is 9.09. The van der Waals surface area contributed by atoms with E-state index < -0.39 is 47.5 Å². The van der Waals surface area contributed by atoms with Gasteiger partial charge in [0.1, 0.15) is 23.8 Å². The van der Waals surface area contributed by atoms with Crippen molar-refractivity contribution in [2.24, 2.45) is 5.73 Å². The fraction of sp³-hybridized carbons (Fsp3) is 0.500. The van der Waals surface area contributed by atoms with Gasteiger partial charge in [0.25, 0.3) is 0 Å². The van der Waals surface area contributed by atoms with E-state index in [1.165, 1.54) is 13.8 Å². The average molecular weight is 407 g/mol. The highest BCUT2D eigenvalue weighted by atomic mass is 16.6. The van der Waals surface area contributed by atoms with E-state index in [1.54, 1.807) is 45.0 Å². The Morgan fingerprint density at radius 1 is 1.03 bits per heavy atom. The first kappa shape index (κ1) is 23.9. The van der Waals surface area contributed by atoms with E-state index in [4.69, 9.17) is 15.2 Å². The van der Waals surface area contributed by atoms with Gasteiger partial charge >= 0.3 is 12.1 Å². The Labute approximate surface area is 170 Å². The number of primary amides is 1. The van der Waals surface area contributed by atoms with Crippen LogP contribution in [0.4, 0.5) is 4.79 Å². The summed E-state index contributed by atoms with van der Waals surface area (Å²) in [6.45, 7) is 7.81. The van der Waals surface area contributed by atoms with E-state index in [-0.39, 0.29) is 6.61 Å². The second-order valence-electron chi connectivity index (χ2n) is 8.03. The van der Waals surface area contributed by atoms with Gasteiger partial charge < -0.3 is 25.8 Å². The van der Waals surface area contributed by atoms with Gasteiger partial charge in [-0.05, 0) is 40.2 Å². The fourth-order valence-corrected chi connectivity index (χ4v) is 2.08. The molecule has 1 aromatic carbocycles. The number of benzene rings is 1. The summed E-state index contributed by atoms with van der Waals surface area (Å²) in [4.78, 5) is 48.3. The fourth-order valence-electron chi connectivity index (χ4n) is 2.08. The van der Waals surface area contributed by atoms with Crippen molar-refractivity contribution < 1.29 is 28.7 Å². The zero-order valence-electron chi connectivity index (χ0n) is 17.4. The lowest BCUT2D eigenvalue weighted by molar-refractivity contribution is -0.147. The molecule has 0 bridgehead atoms. The molecule has 0 fully saturated rings. The van der Waals surface area contributed by atoms with Crippen LogP contribution in [0.15, 0.2) is 30.3 Å². The highest BCUT2D eigenvalue weighted by Gasteiger charge is 2.33. The number of esters is 1. The molecule has 9 heteroatoms. The number of ether oxygens (including phenoxy) is 2. The number of hydrogen-bond acceptors (Lipinski definition) is 6. The molecular weight excluding hydrogens is 378 g/mol. The molecule has 1 rings (SSSR count). The maximum atomic E-state index is 12.6. The summed E-state index contributed by atoms with van der Waals surface area (Å²) in [5.74, 6) is -2.24. The normalized spacial score (nSPS) is 12.4. The molecule has 1 atom stereocenters. The van der Waals surface area contributed by atoms with Crippen molar-refractivity contribution >= 4 is 23.9 Å². The number of nitrogens with two attached hydrogens (primary N) is 1. The van der Waals surface area contributed by atoms with E-state index >= 15 is 0 Å². The molecule has 29 heavy (non-hydrogen) atoms. The van der Waals surface area contributed by atoms with Gasteiger partial charge in [0.2, 0.25) is 11.8 Å². The van der Waals surface area contributed by atoms with Crippen LogP contribution in [0.2, 0.25) is 0 Å². The molecule has 0 heterocycles. The zero-order valence-corrected chi connectivity index (χ0v) is 17.4. The van der Waals surface area contributed by atoms with Crippen LogP contribution in [0.25, 0.3) is 0 Å². The molecule has 0 aliphatic heterocycles. The van der Waals surface area contributed by atoms with Crippen molar-refractivity contribution in [3.05, 3.63) is 35.9 Å². The van der Waals surface area contributed by atoms with Crippen molar-refractivity contribution in [3.63, 3.8) is 0 Å². The van der Waals surface area contributed by atoms with Gasteiger partial charge in [-0.2, -0.15) is 0 Å². The van der Waals surface area contributed by atoms with E-state index in [0.29, 0.717) is 0 Å². The van der Waals surface area contributed by atoms with Crippen LogP contribution in [-0.4, -0.2) is 41.1 Å². The van der Waals surface area contributed by atoms with Crippen LogP contribution >= 0.6 is 0 Å². The summed E-state index contributed by atoms with van der Waals surface area (Å²) in [5.41, 5.74) is 3.86. The predicted molar refractivity (Wildman–Crippen MR) is 105 cm³/mol. The second-order valence-corrected chi connectivity index (χ2v) is 8.03. The summed E-state index contributed by atoms with van der Waals surface area (Å²) in [6.07, 6.45) is -1.34. The Hall–Kier alpha value is -3.10. The predicted octanol–water partition coefficient (Wildman–Crippen LogP) is 1.39. The largest absolute Gasteiger partial charge is 0.461 e. The standard InChI is InChI=1S/C20H29N3O6/c1-19(2,3)29-18(27)22-14(16(25)23-20(4,5)17(21)26)11-15(24)28-12-13-9-7-6-8-10-13/h6-10,14H,11-12H2,1-5H3,(H2,21,26)(H,22,27)(H,23,25). The van der Waals surface area contributed by atoms with Crippen molar-refractivity contribution in [2.75, 3.05) is 0 Å². The topological polar surface area (TPSA) is 137 Å². The molecule has 9 nitrogen and oxygen atoms in total. The maximum absolute atomic E-state index is 12.6. The van der Waals surface area contributed by atoms with Crippen LogP contribution in [0.3, 0.4) is 0 Å². The quantitative estimate of drug-likeness (QED) is 0.557. The first-order valence-corrected chi connectivity index (χ1v) is 9.11. The molecule has 160 valence electrons. The molecule has 1 unspecified atom stereocenters. The van der Waals surface area contributed by atoms with Gasteiger partial charge in [-0.25, -0.2) is 4.79 Å². The molecule has 0 saturated heterocycles. The molecule has 0 spiro atoms. The van der Waals surface area contributed by atoms with Crippen molar-refractivity contribution in [1.29, 1.82) is 0 Å². The van der Waals surface area contributed by atoms with Gasteiger partial charge in [-0.1, -0.05) is 30.3 Å². The lowest BCUT2D eigenvalue weighted by Crippen LogP contribution is -2.58. The Morgan fingerprint density at radius 3 is 2.14 bits per heavy atom. The first-order valence-electron chi connectivity index (χ1n) is 9.11. The SMILES string of the molecule is CC(C)(C)OC(=O)NC(CC(=O)OCc1ccccc1)C(=O)NC(C)(C)C(N)=O. The minimum Gasteiger partial charge on any atom is -0.461 e. The second kappa shape index (κ2) is 9.90. The van der Waals surface area contributed by atoms with Gasteiger partial charge in [0, 0.05) is 0 Å². The summed E-state index contributed by atoms with van der Waals surface area (Å²) < 4.78 is 10.3. The van der Waals surface area contributed by atoms with E-state index in [0.717, 1.165) is 5.56 Å².